The molecule has 44 heavy (non-hydrogen) atoms. The normalized spacial score (nSPS) is 20.7. The Morgan fingerprint density at radius 2 is 1.66 bits per heavy atom. The summed E-state index contributed by atoms with van der Waals surface area (Å²) in [6, 6.07) is 17.6. The minimum Gasteiger partial charge on any atom is -0.481 e. The van der Waals surface area contributed by atoms with Gasteiger partial charge in [0.2, 0.25) is 5.69 Å². The van der Waals surface area contributed by atoms with Crippen molar-refractivity contribution in [1.82, 2.24) is 0 Å². The topological polar surface area (TPSA) is 43.5 Å². The number of allylic oxidation sites excluding steroid dienone is 7. The number of carboxylic acid groups (broad SMARTS) is 1. The van der Waals surface area contributed by atoms with Crippen molar-refractivity contribution < 1.29 is 14.5 Å². The monoisotopic (exact) mass is 609 g/mol. The Morgan fingerprint density at radius 1 is 0.932 bits per heavy atom. The number of rotatable bonds is 11. The lowest BCUT2D eigenvalue weighted by Gasteiger charge is -2.27. The van der Waals surface area contributed by atoms with Crippen LogP contribution in [0.2, 0.25) is 0 Å². The van der Waals surface area contributed by atoms with Gasteiger partial charge < -0.3 is 10.0 Å². The molecule has 0 amide bonds. The van der Waals surface area contributed by atoms with Crippen LogP contribution in [0, 0.1) is 0 Å². The fraction of sp³-hybridized carbons (Fsp3) is 0.436. The van der Waals surface area contributed by atoms with Gasteiger partial charge in [-0.05, 0) is 68.4 Å². The Morgan fingerprint density at radius 3 is 2.39 bits per heavy atom. The molecule has 2 heterocycles. The van der Waals surface area contributed by atoms with E-state index >= 15 is 0 Å². The van der Waals surface area contributed by atoms with Crippen molar-refractivity contribution in [1.29, 1.82) is 0 Å². The van der Waals surface area contributed by atoms with E-state index in [1.807, 2.05) is 0 Å². The van der Waals surface area contributed by atoms with Gasteiger partial charge in [-0.2, -0.15) is 4.58 Å². The summed E-state index contributed by atoms with van der Waals surface area (Å²) in [5, 5.41) is 9.43. The number of para-hydroxylation sites is 2. The summed E-state index contributed by atoms with van der Waals surface area (Å²) in [6.07, 6.45) is 14.8. The lowest BCUT2D eigenvalue weighted by atomic mass is 9.81. The SMILES string of the molecule is CCCN1C(=CC=C2CCCC(C=CC3=[N+](CCC)c4ccccc4C3(C)C)=C2SCCC(=O)O)C(C)(C)c2ccccc21. The van der Waals surface area contributed by atoms with E-state index in [1.54, 1.807) is 11.8 Å². The van der Waals surface area contributed by atoms with Gasteiger partial charge in [0.1, 0.15) is 6.54 Å². The fourth-order valence-electron chi connectivity index (χ4n) is 7.22. The Kier molecular flexibility index (Phi) is 9.74. The zero-order chi connectivity index (χ0) is 31.5. The first-order chi connectivity index (χ1) is 21.1. The summed E-state index contributed by atoms with van der Waals surface area (Å²) >= 11 is 1.72. The van der Waals surface area contributed by atoms with Crippen molar-refractivity contribution in [3.8, 4) is 0 Å². The molecule has 0 bridgehead atoms. The van der Waals surface area contributed by atoms with Crippen LogP contribution >= 0.6 is 11.8 Å². The molecule has 4 nitrogen and oxygen atoms in total. The number of fused-ring (bicyclic) bond motifs is 2. The Balaban J connectivity index is 1.56. The van der Waals surface area contributed by atoms with Crippen LogP contribution in [-0.4, -0.2) is 40.2 Å². The van der Waals surface area contributed by atoms with E-state index in [-0.39, 0.29) is 17.3 Å². The number of benzene rings is 2. The molecule has 0 saturated heterocycles. The predicted octanol–water partition coefficient (Wildman–Crippen LogP) is 9.69. The highest BCUT2D eigenvalue weighted by Crippen LogP contribution is 2.48. The average Bonchev–Trinajstić information content (AvgIpc) is 3.34. The van der Waals surface area contributed by atoms with E-state index in [2.05, 4.69) is 124 Å². The van der Waals surface area contributed by atoms with E-state index < -0.39 is 5.97 Å². The van der Waals surface area contributed by atoms with Crippen LogP contribution in [0.25, 0.3) is 0 Å². The third-order valence-electron chi connectivity index (χ3n) is 9.42. The van der Waals surface area contributed by atoms with E-state index in [0.29, 0.717) is 5.75 Å². The molecule has 3 aliphatic rings. The molecule has 0 fully saturated rings. The summed E-state index contributed by atoms with van der Waals surface area (Å²) in [5.74, 6) is -0.167. The number of carbonyl (C=O) groups is 1. The standard InChI is InChI=1S/C39H48N2O2S/c1-7-25-40-32-18-11-9-16-30(32)38(3,4)34(40)22-20-28-14-13-15-29(37(28)44-27-24-36(42)43)21-23-35-39(5,6)31-17-10-12-19-33(31)41(35)26-8-2/h9-12,16-23H,7-8,13-15,24-27H2,1-6H3/p+1. The third-order valence-corrected chi connectivity index (χ3v) is 10.6. The number of hydrogen-bond acceptors (Lipinski definition) is 3. The number of nitrogens with zero attached hydrogens (tertiary/aromatic N) is 2. The lowest BCUT2D eigenvalue weighted by Crippen LogP contribution is -2.28. The van der Waals surface area contributed by atoms with E-state index in [4.69, 9.17) is 0 Å². The van der Waals surface area contributed by atoms with Crippen molar-refractivity contribution in [2.75, 3.05) is 23.7 Å². The van der Waals surface area contributed by atoms with Crippen molar-refractivity contribution >= 4 is 34.8 Å². The second-order valence-corrected chi connectivity index (χ2v) is 14.4. The maximum atomic E-state index is 11.5. The summed E-state index contributed by atoms with van der Waals surface area (Å²) in [6.45, 7) is 15.8. The maximum absolute atomic E-state index is 11.5. The Labute approximate surface area is 269 Å². The quantitative estimate of drug-likeness (QED) is 0.258. The number of thioether (sulfide) groups is 1. The molecule has 232 valence electrons. The number of aliphatic carboxylic acids is 1. The smallest absolute Gasteiger partial charge is 0.304 e. The fourth-order valence-corrected chi connectivity index (χ4v) is 8.41. The summed E-state index contributed by atoms with van der Waals surface area (Å²) in [5.41, 5.74) is 10.6. The summed E-state index contributed by atoms with van der Waals surface area (Å²) < 4.78 is 2.50. The zero-order valence-corrected chi connectivity index (χ0v) is 28.3. The summed E-state index contributed by atoms with van der Waals surface area (Å²) in [7, 11) is 0. The van der Waals surface area contributed by atoms with Crippen molar-refractivity contribution in [3.63, 3.8) is 0 Å². The first-order valence-electron chi connectivity index (χ1n) is 16.4. The van der Waals surface area contributed by atoms with Crippen LogP contribution < -0.4 is 4.90 Å². The molecule has 2 aliphatic heterocycles. The number of hydrogen-bond donors (Lipinski definition) is 1. The first kappa shape index (κ1) is 32.1. The van der Waals surface area contributed by atoms with Gasteiger partial charge in [0, 0.05) is 58.1 Å². The molecule has 0 saturated carbocycles. The molecule has 0 radical (unpaired) electrons. The third kappa shape index (κ3) is 6.13. The molecule has 0 spiro atoms. The van der Waals surface area contributed by atoms with Crippen molar-refractivity contribution in [2.24, 2.45) is 0 Å². The summed E-state index contributed by atoms with van der Waals surface area (Å²) in [4.78, 5) is 15.2. The first-order valence-corrected chi connectivity index (χ1v) is 17.4. The second kappa shape index (κ2) is 13.4. The van der Waals surface area contributed by atoms with E-state index in [1.165, 1.54) is 50.0 Å². The molecule has 2 aromatic rings. The minimum atomic E-state index is -0.740. The number of anilines is 1. The van der Waals surface area contributed by atoms with Gasteiger partial charge in [-0.15, -0.1) is 11.8 Å². The molecule has 5 heteroatoms. The van der Waals surface area contributed by atoms with Crippen LogP contribution in [0.3, 0.4) is 0 Å². The Hall–Kier alpha value is -3.31. The van der Waals surface area contributed by atoms with Crippen LogP contribution in [0.5, 0.6) is 0 Å². The molecule has 5 rings (SSSR count). The molecular weight excluding hydrogens is 561 g/mol. The predicted molar refractivity (Wildman–Crippen MR) is 188 cm³/mol. The molecule has 1 aliphatic carbocycles. The van der Waals surface area contributed by atoms with Gasteiger partial charge in [-0.25, -0.2) is 0 Å². The lowest BCUT2D eigenvalue weighted by molar-refractivity contribution is -0.437. The van der Waals surface area contributed by atoms with Gasteiger partial charge in [0.05, 0.1) is 11.8 Å². The zero-order valence-electron chi connectivity index (χ0n) is 27.5. The Bertz CT molecular complexity index is 1570. The minimum absolute atomic E-state index is 0.0804. The highest BCUT2D eigenvalue weighted by Gasteiger charge is 2.44. The van der Waals surface area contributed by atoms with E-state index in [9.17, 15) is 9.90 Å². The highest BCUT2D eigenvalue weighted by molar-refractivity contribution is 8.03. The maximum Gasteiger partial charge on any atom is 0.304 e. The molecule has 2 aromatic carbocycles. The molecule has 0 unspecified atom stereocenters. The van der Waals surface area contributed by atoms with Crippen LogP contribution in [-0.2, 0) is 15.6 Å². The van der Waals surface area contributed by atoms with Gasteiger partial charge in [0.15, 0.2) is 5.71 Å². The van der Waals surface area contributed by atoms with Gasteiger partial charge in [0.25, 0.3) is 0 Å². The largest absolute Gasteiger partial charge is 0.481 e. The van der Waals surface area contributed by atoms with E-state index in [0.717, 1.165) is 45.2 Å². The average molecular weight is 610 g/mol. The second-order valence-electron chi connectivity index (χ2n) is 13.3. The highest BCUT2D eigenvalue weighted by atomic mass is 32.2. The molecular formula is C39H49N2O2S+. The van der Waals surface area contributed by atoms with Crippen molar-refractivity contribution in [3.05, 3.63) is 106 Å². The van der Waals surface area contributed by atoms with Gasteiger partial charge in [-0.3, -0.25) is 4.79 Å². The van der Waals surface area contributed by atoms with Gasteiger partial charge in [-0.1, -0.05) is 76.2 Å². The molecule has 0 atom stereocenters. The molecule has 1 N–H and O–H groups in total. The van der Waals surface area contributed by atoms with Crippen molar-refractivity contribution in [2.45, 2.75) is 90.9 Å². The van der Waals surface area contributed by atoms with Crippen LogP contribution in [0.4, 0.5) is 11.4 Å². The van der Waals surface area contributed by atoms with Gasteiger partial charge >= 0.3 is 5.97 Å². The van der Waals surface area contributed by atoms with Crippen LogP contribution in [0.1, 0.15) is 91.2 Å². The number of carboxylic acids is 1. The van der Waals surface area contributed by atoms with Crippen LogP contribution in [0.15, 0.2) is 94.6 Å². The molecule has 0 aromatic heterocycles.